The highest BCUT2D eigenvalue weighted by Gasteiger charge is 2.08. The highest BCUT2D eigenvalue weighted by molar-refractivity contribution is 5.29. The van der Waals surface area contributed by atoms with E-state index in [1.165, 1.54) is 17.7 Å². The van der Waals surface area contributed by atoms with Crippen molar-refractivity contribution in [3.05, 3.63) is 65.5 Å². The second-order valence-corrected chi connectivity index (χ2v) is 5.35. The number of hydrogen-bond donors (Lipinski definition) is 1. The van der Waals surface area contributed by atoms with Crippen molar-refractivity contribution in [3.8, 4) is 5.75 Å². The zero-order valence-electron chi connectivity index (χ0n) is 12.6. The highest BCUT2D eigenvalue weighted by atomic mass is 19.1. The van der Waals surface area contributed by atoms with Gasteiger partial charge in [0, 0.05) is 0 Å². The maximum atomic E-state index is 12.9. The van der Waals surface area contributed by atoms with Crippen molar-refractivity contribution in [3.63, 3.8) is 0 Å². The van der Waals surface area contributed by atoms with Gasteiger partial charge in [0.15, 0.2) is 0 Å². The summed E-state index contributed by atoms with van der Waals surface area (Å²) in [7, 11) is 0. The van der Waals surface area contributed by atoms with E-state index >= 15 is 0 Å². The lowest BCUT2D eigenvalue weighted by Crippen LogP contribution is -2.18. The van der Waals surface area contributed by atoms with Gasteiger partial charge in [-0.05, 0) is 47.7 Å². The molecule has 0 heterocycles. The standard InChI is InChI=1S/C18H22FNO/c1-3-13(2)14-6-10-17(11-7-14)21-12-18(20)15-4-8-16(19)9-5-15/h4-11,13,18H,3,12,20H2,1-2H3. The van der Waals surface area contributed by atoms with E-state index in [0.717, 1.165) is 17.7 Å². The second kappa shape index (κ2) is 7.23. The van der Waals surface area contributed by atoms with Crippen molar-refractivity contribution in [2.75, 3.05) is 6.61 Å². The van der Waals surface area contributed by atoms with Crippen LogP contribution in [-0.2, 0) is 0 Å². The Labute approximate surface area is 125 Å². The minimum absolute atomic E-state index is 0.257. The number of hydrogen-bond acceptors (Lipinski definition) is 2. The Balaban J connectivity index is 1.92. The molecule has 112 valence electrons. The van der Waals surface area contributed by atoms with Gasteiger partial charge in [0.05, 0.1) is 6.04 Å². The molecule has 2 N–H and O–H groups in total. The second-order valence-electron chi connectivity index (χ2n) is 5.35. The maximum Gasteiger partial charge on any atom is 0.123 e. The van der Waals surface area contributed by atoms with Crippen LogP contribution in [0.25, 0.3) is 0 Å². The van der Waals surface area contributed by atoms with E-state index in [-0.39, 0.29) is 11.9 Å². The van der Waals surface area contributed by atoms with E-state index in [4.69, 9.17) is 10.5 Å². The van der Waals surface area contributed by atoms with Crippen LogP contribution in [0.2, 0.25) is 0 Å². The lowest BCUT2D eigenvalue weighted by molar-refractivity contribution is 0.290. The summed E-state index contributed by atoms with van der Waals surface area (Å²) in [5.74, 6) is 1.10. The van der Waals surface area contributed by atoms with Crippen LogP contribution in [0.1, 0.15) is 43.4 Å². The molecule has 2 aromatic rings. The lowest BCUT2D eigenvalue weighted by atomic mass is 9.99. The van der Waals surface area contributed by atoms with Crippen molar-refractivity contribution in [1.29, 1.82) is 0 Å². The molecule has 2 unspecified atom stereocenters. The van der Waals surface area contributed by atoms with Crippen LogP contribution in [0.4, 0.5) is 4.39 Å². The Kier molecular flexibility index (Phi) is 5.34. The Bertz CT molecular complexity index is 550. The molecule has 2 nitrogen and oxygen atoms in total. The molecule has 0 spiro atoms. The average Bonchev–Trinajstić information content (AvgIpc) is 2.53. The molecule has 0 saturated carbocycles. The van der Waals surface area contributed by atoms with Gasteiger partial charge in [-0.15, -0.1) is 0 Å². The molecule has 2 rings (SSSR count). The summed E-state index contributed by atoms with van der Waals surface area (Å²) in [5.41, 5.74) is 8.23. The molecule has 0 aliphatic carbocycles. The van der Waals surface area contributed by atoms with Crippen LogP contribution in [0.3, 0.4) is 0 Å². The highest BCUT2D eigenvalue weighted by Crippen LogP contribution is 2.22. The van der Waals surface area contributed by atoms with Crippen LogP contribution in [0.15, 0.2) is 48.5 Å². The quantitative estimate of drug-likeness (QED) is 0.853. The first-order valence-electron chi connectivity index (χ1n) is 7.34. The van der Waals surface area contributed by atoms with Crippen LogP contribution < -0.4 is 10.5 Å². The third kappa shape index (κ3) is 4.30. The first kappa shape index (κ1) is 15.5. The Hall–Kier alpha value is -1.87. The molecule has 0 aliphatic rings. The van der Waals surface area contributed by atoms with E-state index in [1.54, 1.807) is 12.1 Å². The van der Waals surface area contributed by atoms with Gasteiger partial charge in [-0.3, -0.25) is 0 Å². The van der Waals surface area contributed by atoms with Gasteiger partial charge in [-0.1, -0.05) is 38.1 Å². The zero-order chi connectivity index (χ0) is 15.2. The molecule has 0 aromatic heterocycles. The predicted molar refractivity (Wildman–Crippen MR) is 84.0 cm³/mol. The summed E-state index contributed by atoms with van der Waals surface area (Å²) in [4.78, 5) is 0. The van der Waals surface area contributed by atoms with Gasteiger partial charge in [0.2, 0.25) is 0 Å². The van der Waals surface area contributed by atoms with E-state index in [2.05, 4.69) is 26.0 Å². The topological polar surface area (TPSA) is 35.2 Å². The van der Waals surface area contributed by atoms with Crippen molar-refractivity contribution in [2.45, 2.75) is 32.2 Å². The van der Waals surface area contributed by atoms with Gasteiger partial charge < -0.3 is 10.5 Å². The van der Waals surface area contributed by atoms with Gasteiger partial charge in [-0.2, -0.15) is 0 Å². The summed E-state index contributed by atoms with van der Waals surface area (Å²) in [6.07, 6.45) is 1.12. The van der Waals surface area contributed by atoms with E-state index in [1.807, 2.05) is 12.1 Å². The zero-order valence-corrected chi connectivity index (χ0v) is 12.6. The van der Waals surface area contributed by atoms with E-state index in [0.29, 0.717) is 12.5 Å². The molecule has 0 bridgehead atoms. The minimum Gasteiger partial charge on any atom is -0.492 e. The fourth-order valence-corrected chi connectivity index (χ4v) is 2.12. The molecule has 2 aromatic carbocycles. The van der Waals surface area contributed by atoms with Crippen molar-refractivity contribution in [2.24, 2.45) is 5.73 Å². The van der Waals surface area contributed by atoms with Crippen molar-refractivity contribution in [1.82, 2.24) is 0 Å². The summed E-state index contributed by atoms with van der Waals surface area (Å²) < 4.78 is 18.6. The number of benzene rings is 2. The van der Waals surface area contributed by atoms with Crippen molar-refractivity contribution >= 4 is 0 Å². The van der Waals surface area contributed by atoms with Crippen molar-refractivity contribution < 1.29 is 9.13 Å². The molecule has 0 saturated heterocycles. The Morgan fingerprint density at radius 2 is 1.57 bits per heavy atom. The van der Waals surface area contributed by atoms with Gasteiger partial charge in [-0.25, -0.2) is 4.39 Å². The fraction of sp³-hybridized carbons (Fsp3) is 0.333. The fourth-order valence-electron chi connectivity index (χ4n) is 2.12. The monoisotopic (exact) mass is 287 g/mol. The summed E-state index contributed by atoms with van der Waals surface area (Å²) >= 11 is 0. The Morgan fingerprint density at radius 3 is 2.14 bits per heavy atom. The third-order valence-electron chi connectivity index (χ3n) is 3.79. The molecule has 0 aliphatic heterocycles. The number of halogens is 1. The molecule has 21 heavy (non-hydrogen) atoms. The largest absolute Gasteiger partial charge is 0.492 e. The minimum atomic E-state index is -0.264. The molecule has 0 amide bonds. The third-order valence-corrected chi connectivity index (χ3v) is 3.79. The molecule has 3 heteroatoms. The van der Waals surface area contributed by atoms with Gasteiger partial charge >= 0.3 is 0 Å². The van der Waals surface area contributed by atoms with Crippen LogP contribution in [0.5, 0.6) is 5.75 Å². The number of nitrogens with two attached hydrogens (primary N) is 1. The first-order chi connectivity index (χ1) is 10.1. The first-order valence-corrected chi connectivity index (χ1v) is 7.34. The molecule has 0 radical (unpaired) electrons. The van der Waals surface area contributed by atoms with Crippen LogP contribution in [-0.4, -0.2) is 6.61 Å². The number of rotatable bonds is 6. The predicted octanol–water partition coefficient (Wildman–Crippen LogP) is 4.42. The molecule has 2 atom stereocenters. The molecule has 0 fully saturated rings. The lowest BCUT2D eigenvalue weighted by Gasteiger charge is -2.14. The summed E-state index contributed by atoms with van der Waals surface area (Å²) in [5, 5.41) is 0. The molecular weight excluding hydrogens is 265 g/mol. The average molecular weight is 287 g/mol. The maximum absolute atomic E-state index is 12.9. The smallest absolute Gasteiger partial charge is 0.123 e. The SMILES string of the molecule is CCC(C)c1ccc(OCC(N)c2ccc(F)cc2)cc1. The van der Waals surface area contributed by atoms with E-state index < -0.39 is 0 Å². The normalized spacial score (nSPS) is 13.7. The summed E-state index contributed by atoms with van der Waals surface area (Å²) in [6.45, 7) is 4.76. The van der Waals surface area contributed by atoms with Crippen LogP contribution >= 0.6 is 0 Å². The summed E-state index contributed by atoms with van der Waals surface area (Å²) in [6, 6.07) is 14.1. The van der Waals surface area contributed by atoms with Gasteiger partial charge in [0.1, 0.15) is 18.2 Å². The Morgan fingerprint density at radius 1 is 1.00 bits per heavy atom. The number of ether oxygens (including phenoxy) is 1. The van der Waals surface area contributed by atoms with E-state index in [9.17, 15) is 4.39 Å². The van der Waals surface area contributed by atoms with Crippen LogP contribution in [0, 0.1) is 5.82 Å². The van der Waals surface area contributed by atoms with Gasteiger partial charge in [0.25, 0.3) is 0 Å². The molecular formula is C18H22FNO.